The lowest BCUT2D eigenvalue weighted by Crippen LogP contribution is -2.10. The van der Waals surface area contributed by atoms with Gasteiger partial charge < -0.3 is 10.5 Å². The molecule has 0 aliphatic heterocycles. The maximum Gasteiger partial charge on any atom is 0.318 e. The van der Waals surface area contributed by atoms with Gasteiger partial charge in [-0.25, -0.2) is 0 Å². The summed E-state index contributed by atoms with van der Waals surface area (Å²) in [6.45, 7) is 3.22. The highest BCUT2D eigenvalue weighted by Gasteiger charge is 2.14. The highest BCUT2D eigenvalue weighted by atomic mass is 16.5. The number of carbonyl (C=O) groups excluding carboxylic acids is 2. The fourth-order valence-electron chi connectivity index (χ4n) is 1.11. The van der Waals surface area contributed by atoms with E-state index in [0.717, 1.165) is 6.26 Å². The Morgan fingerprint density at radius 3 is 2.67 bits per heavy atom. The van der Waals surface area contributed by atoms with E-state index in [1.165, 1.54) is 0 Å². The summed E-state index contributed by atoms with van der Waals surface area (Å²) in [5.41, 5.74) is 6.27. The molecule has 0 heterocycles. The van der Waals surface area contributed by atoms with Crippen molar-refractivity contribution in [1.29, 1.82) is 0 Å². The normalized spacial score (nSPS) is 9.33. The fourth-order valence-corrected chi connectivity index (χ4v) is 1.11. The molecule has 0 spiro atoms. The molecule has 0 atom stereocenters. The predicted molar refractivity (Wildman–Crippen MR) is 56.1 cm³/mol. The number of nitrogen functional groups attached to an aromatic ring is 1. The van der Waals surface area contributed by atoms with Crippen LogP contribution in [0.5, 0.6) is 0 Å². The van der Waals surface area contributed by atoms with Crippen molar-refractivity contribution in [2.75, 3.05) is 5.73 Å². The molecule has 0 radical (unpaired) electrons. The third-order valence-electron chi connectivity index (χ3n) is 1.78. The zero-order valence-electron chi connectivity index (χ0n) is 8.10. The molecular formula is C11H11NO3. The first-order chi connectivity index (χ1) is 7.15. The number of anilines is 1. The van der Waals surface area contributed by atoms with Gasteiger partial charge in [0.25, 0.3) is 0 Å². The zero-order chi connectivity index (χ0) is 11.3. The average Bonchev–Trinajstić information content (AvgIpc) is 2.18. The molecule has 0 aliphatic rings. The molecule has 4 nitrogen and oxygen atoms in total. The third kappa shape index (κ3) is 2.95. The van der Waals surface area contributed by atoms with Crippen molar-refractivity contribution < 1.29 is 14.3 Å². The Labute approximate surface area is 87.3 Å². The Morgan fingerprint density at radius 1 is 1.40 bits per heavy atom. The average molecular weight is 205 g/mol. The molecule has 0 aliphatic carbocycles. The van der Waals surface area contributed by atoms with E-state index in [1.54, 1.807) is 24.3 Å². The highest BCUT2D eigenvalue weighted by Crippen LogP contribution is 2.13. The van der Waals surface area contributed by atoms with Crippen molar-refractivity contribution in [1.82, 2.24) is 0 Å². The van der Waals surface area contributed by atoms with Crippen LogP contribution < -0.4 is 5.73 Å². The van der Waals surface area contributed by atoms with Crippen LogP contribution in [-0.4, -0.2) is 11.8 Å². The van der Waals surface area contributed by atoms with Gasteiger partial charge in [0.1, 0.15) is 6.42 Å². The van der Waals surface area contributed by atoms with E-state index >= 15 is 0 Å². The van der Waals surface area contributed by atoms with Crippen LogP contribution in [0.4, 0.5) is 5.69 Å². The molecule has 0 saturated carbocycles. The molecule has 1 aromatic carbocycles. The first-order valence-corrected chi connectivity index (χ1v) is 4.33. The van der Waals surface area contributed by atoms with Crippen molar-refractivity contribution in [3.05, 3.63) is 42.7 Å². The van der Waals surface area contributed by atoms with Gasteiger partial charge in [-0.2, -0.15) is 0 Å². The van der Waals surface area contributed by atoms with Crippen LogP contribution in [0.1, 0.15) is 16.8 Å². The van der Waals surface area contributed by atoms with Gasteiger partial charge in [0.15, 0.2) is 5.78 Å². The van der Waals surface area contributed by atoms with Crippen LogP contribution in [0.15, 0.2) is 37.1 Å². The smallest absolute Gasteiger partial charge is 0.318 e. The topological polar surface area (TPSA) is 69.4 Å². The molecule has 0 saturated heterocycles. The number of Topliss-reactive ketones (excluding diaryl/α,β-unsaturated/α-hetero) is 1. The third-order valence-corrected chi connectivity index (χ3v) is 1.78. The molecule has 2 N–H and O–H groups in total. The number of rotatable bonds is 4. The number of esters is 1. The second-order valence-electron chi connectivity index (χ2n) is 2.84. The summed E-state index contributed by atoms with van der Waals surface area (Å²) in [7, 11) is 0. The predicted octanol–water partition coefficient (Wildman–Crippen LogP) is 1.53. The van der Waals surface area contributed by atoms with Gasteiger partial charge in [-0.1, -0.05) is 18.7 Å². The molecule has 0 bridgehead atoms. The zero-order valence-corrected chi connectivity index (χ0v) is 8.10. The quantitative estimate of drug-likeness (QED) is 0.266. The molecule has 0 aromatic heterocycles. The SMILES string of the molecule is C=COC(=O)CC(=O)c1ccccc1N. The monoisotopic (exact) mass is 205 g/mol. The van der Waals surface area contributed by atoms with Crippen LogP contribution in [0.2, 0.25) is 0 Å². The lowest BCUT2D eigenvalue weighted by Gasteiger charge is -2.02. The number of ketones is 1. The van der Waals surface area contributed by atoms with E-state index in [0.29, 0.717) is 11.3 Å². The summed E-state index contributed by atoms with van der Waals surface area (Å²) in [6, 6.07) is 6.57. The van der Waals surface area contributed by atoms with Crippen LogP contribution in [-0.2, 0) is 9.53 Å². The first-order valence-electron chi connectivity index (χ1n) is 4.33. The molecule has 4 heteroatoms. The lowest BCUT2D eigenvalue weighted by atomic mass is 10.1. The summed E-state index contributed by atoms with van der Waals surface area (Å²) in [5.74, 6) is -1.00. The van der Waals surface area contributed by atoms with E-state index in [2.05, 4.69) is 11.3 Å². The van der Waals surface area contributed by atoms with Gasteiger partial charge in [-0.05, 0) is 12.1 Å². The standard InChI is InChI=1S/C11H11NO3/c1-2-15-11(14)7-10(13)8-5-3-4-6-9(8)12/h2-6H,1,7,12H2. The Bertz CT molecular complexity index is 399. The minimum Gasteiger partial charge on any atom is -0.435 e. The van der Waals surface area contributed by atoms with Crippen molar-refractivity contribution >= 4 is 17.4 Å². The van der Waals surface area contributed by atoms with Crippen LogP contribution in [0.3, 0.4) is 0 Å². The maximum atomic E-state index is 11.5. The summed E-state index contributed by atoms with van der Waals surface area (Å²) < 4.78 is 4.44. The summed E-state index contributed by atoms with van der Waals surface area (Å²) >= 11 is 0. The van der Waals surface area contributed by atoms with Crippen molar-refractivity contribution in [3.63, 3.8) is 0 Å². The highest BCUT2D eigenvalue weighted by molar-refractivity contribution is 6.08. The fraction of sp³-hybridized carbons (Fsp3) is 0.0909. The minimum absolute atomic E-state index is 0.332. The van der Waals surface area contributed by atoms with Gasteiger partial charge >= 0.3 is 5.97 Å². The van der Waals surface area contributed by atoms with Gasteiger partial charge in [0.05, 0.1) is 6.26 Å². The number of benzene rings is 1. The van der Waals surface area contributed by atoms with E-state index in [1.807, 2.05) is 0 Å². The number of hydrogen-bond acceptors (Lipinski definition) is 4. The molecule has 78 valence electrons. The van der Waals surface area contributed by atoms with E-state index in [9.17, 15) is 9.59 Å². The van der Waals surface area contributed by atoms with Gasteiger partial charge in [-0.3, -0.25) is 9.59 Å². The molecule has 0 amide bonds. The first kappa shape index (κ1) is 11.0. The van der Waals surface area contributed by atoms with E-state index in [-0.39, 0.29) is 12.2 Å². The van der Waals surface area contributed by atoms with Crippen LogP contribution in [0.25, 0.3) is 0 Å². The Kier molecular flexibility index (Phi) is 3.62. The molecule has 0 fully saturated rings. The number of nitrogens with two attached hydrogens (primary N) is 1. The molecular weight excluding hydrogens is 194 g/mol. The Hall–Kier alpha value is -2.10. The Morgan fingerprint density at radius 2 is 2.07 bits per heavy atom. The van der Waals surface area contributed by atoms with Gasteiger partial charge in [-0.15, -0.1) is 0 Å². The minimum atomic E-state index is -0.641. The van der Waals surface area contributed by atoms with Crippen molar-refractivity contribution in [2.24, 2.45) is 0 Å². The molecule has 1 aromatic rings. The van der Waals surface area contributed by atoms with Gasteiger partial charge in [0, 0.05) is 11.3 Å². The number of ether oxygens (including phenoxy) is 1. The summed E-state index contributed by atoms with van der Waals surface area (Å²) in [4.78, 5) is 22.5. The number of hydrogen-bond donors (Lipinski definition) is 1. The molecule has 0 unspecified atom stereocenters. The van der Waals surface area contributed by atoms with Crippen molar-refractivity contribution in [2.45, 2.75) is 6.42 Å². The lowest BCUT2D eigenvalue weighted by molar-refractivity contribution is -0.136. The second kappa shape index (κ2) is 4.95. The molecule has 1 rings (SSSR count). The largest absolute Gasteiger partial charge is 0.435 e. The number of carbonyl (C=O) groups is 2. The number of para-hydroxylation sites is 1. The molecule has 15 heavy (non-hydrogen) atoms. The second-order valence-corrected chi connectivity index (χ2v) is 2.84. The summed E-state index contributed by atoms with van der Waals surface area (Å²) in [6.07, 6.45) is 0.657. The van der Waals surface area contributed by atoms with Gasteiger partial charge in [0.2, 0.25) is 0 Å². The van der Waals surface area contributed by atoms with Crippen LogP contribution >= 0.6 is 0 Å². The Balaban J connectivity index is 2.74. The van der Waals surface area contributed by atoms with E-state index in [4.69, 9.17) is 5.73 Å². The summed E-state index contributed by atoms with van der Waals surface area (Å²) in [5, 5.41) is 0. The van der Waals surface area contributed by atoms with Crippen molar-refractivity contribution in [3.8, 4) is 0 Å². The van der Waals surface area contributed by atoms with Crippen LogP contribution in [0, 0.1) is 0 Å². The van der Waals surface area contributed by atoms with E-state index < -0.39 is 5.97 Å². The maximum absolute atomic E-state index is 11.5.